The predicted molar refractivity (Wildman–Crippen MR) is 134 cm³/mol. The summed E-state index contributed by atoms with van der Waals surface area (Å²) in [5.41, 5.74) is 1.75. The number of hydrogen-bond donors (Lipinski definition) is 0. The average Bonchev–Trinajstić information content (AvgIpc) is 3.03. The Bertz CT molecular complexity index is 932. The molecule has 0 N–H and O–H groups in total. The molecule has 3 aliphatic rings. The minimum Gasteiger partial charge on any atom is -0.493 e. The van der Waals surface area contributed by atoms with E-state index in [0.29, 0.717) is 36.6 Å². The van der Waals surface area contributed by atoms with Gasteiger partial charge in [0.05, 0.1) is 27.2 Å². The Morgan fingerprint density at radius 3 is 2.60 bits per heavy atom. The molecule has 3 aliphatic heterocycles. The van der Waals surface area contributed by atoms with Crippen molar-refractivity contribution in [3.63, 3.8) is 0 Å². The number of carbonyl (C=O) groups excluding carboxylic acids is 2. The van der Waals surface area contributed by atoms with Crippen molar-refractivity contribution in [1.82, 2.24) is 14.7 Å². The van der Waals surface area contributed by atoms with Gasteiger partial charge in [-0.25, -0.2) is 0 Å². The van der Waals surface area contributed by atoms with Gasteiger partial charge in [0.15, 0.2) is 11.5 Å². The minimum atomic E-state index is -0.108. The van der Waals surface area contributed by atoms with Gasteiger partial charge in [-0.15, -0.1) is 0 Å². The first kappa shape index (κ1) is 25.5. The number of piperidine rings is 2. The van der Waals surface area contributed by atoms with E-state index >= 15 is 0 Å². The van der Waals surface area contributed by atoms with Crippen LogP contribution >= 0.6 is 0 Å². The summed E-state index contributed by atoms with van der Waals surface area (Å²) in [6, 6.07) is 4.27. The van der Waals surface area contributed by atoms with Gasteiger partial charge in [-0.3, -0.25) is 9.59 Å². The largest absolute Gasteiger partial charge is 0.493 e. The summed E-state index contributed by atoms with van der Waals surface area (Å²) < 4.78 is 16.1. The maximum absolute atomic E-state index is 13.5. The van der Waals surface area contributed by atoms with E-state index in [1.54, 1.807) is 27.5 Å². The van der Waals surface area contributed by atoms with E-state index < -0.39 is 0 Å². The van der Waals surface area contributed by atoms with Crippen LogP contribution in [-0.4, -0.2) is 93.2 Å². The van der Waals surface area contributed by atoms with Gasteiger partial charge in [0.2, 0.25) is 11.8 Å². The van der Waals surface area contributed by atoms with E-state index in [1.807, 2.05) is 23.1 Å². The maximum atomic E-state index is 13.5. The number of amides is 2. The van der Waals surface area contributed by atoms with Crippen LogP contribution < -0.4 is 9.47 Å². The molecule has 0 saturated carbocycles. The summed E-state index contributed by atoms with van der Waals surface area (Å²) in [5, 5.41) is 0. The number of carbonyl (C=O) groups is 2. The zero-order valence-electron chi connectivity index (χ0n) is 21.3. The van der Waals surface area contributed by atoms with Crippen molar-refractivity contribution in [1.29, 1.82) is 0 Å². The fourth-order valence-corrected chi connectivity index (χ4v) is 5.74. The molecular weight excluding hydrogens is 446 g/mol. The molecule has 0 aliphatic carbocycles. The smallest absolute Gasteiger partial charge is 0.242 e. The monoisotopic (exact) mass is 485 g/mol. The molecule has 2 unspecified atom stereocenters. The molecule has 35 heavy (non-hydrogen) atoms. The average molecular weight is 486 g/mol. The van der Waals surface area contributed by atoms with Crippen molar-refractivity contribution in [2.24, 2.45) is 5.92 Å². The van der Waals surface area contributed by atoms with Crippen LogP contribution in [0.1, 0.15) is 43.2 Å². The van der Waals surface area contributed by atoms with E-state index in [0.717, 1.165) is 24.1 Å². The van der Waals surface area contributed by atoms with Crippen LogP contribution in [0.3, 0.4) is 0 Å². The van der Waals surface area contributed by atoms with E-state index in [9.17, 15) is 9.59 Å². The molecule has 1 aromatic carbocycles. The highest BCUT2D eigenvalue weighted by Gasteiger charge is 2.35. The summed E-state index contributed by atoms with van der Waals surface area (Å²) >= 11 is 0. The lowest BCUT2D eigenvalue weighted by molar-refractivity contribution is -0.139. The minimum absolute atomic E-state index is 0.0302. The molecule has 2 amide bonds. The molecule has 8 heteroatoms. The van der Waals surface area contributed by atoms with Gasteiger partial charge in [0, 0.05) is 32.4 Å². The molecule has 1 aromatic rings. The van der Waals surface area contributed by atoms with Crippen molar-refractivity contribution in [3.8, 4) is 11.5 Å². The number of rotatable bonds is 9. The van der Waals surface area contributed by atoms with Crippen molar-refractivity contribution in [2.75, 3.05) is 60.7 Å². The zero-order chi connectivity index (χ0) is 24.8. The number of benzene rings is 1. The van der Waals surface area contributed by atoms with Crippen molar-refractivity contribution < 1.29 is 23.8 Å². The van der Waals surface area contributed by atoms with Gasteiger partial charge in [0.25, 0.3) is 0 Å². The van der Waals surface area contributed by atoms with Crippen LogP contribution in [0.5, 0.6) is 11.5 Å². The Hall–Kier alpha value is -2.58. The summed E-state index contributed by atoms with van der Waals surface area (Å²) in [6.45, 7) is 4.14. The Labute approximate surface area is 208 Å². The first-order chi connectivity index (χ1) is 17.0. The zero-order valence-corrected chi connectivity index (χ0v) is 21.3. The molecule has 2 fully saturated rings. The lowest BCUT2D eigenvalue weighted by atomic mass is 9.83. The molecule has 0 radical (unpaired) electrons. The molecule has 4 rings (SSSR count). The number of hydrogen-bond acceptors (Lipinski definition) is 6. The molecule has 2 atom stereocenters. The molecule has 2 saturated heterocycles. The molecule has 192 valence electrons. The number of methoxy groups -OCH3 is 3. The Kier molecular flexibility index (Phi) is 8.68. The Balaban J connectivity index is 1.45. The summed E-state index contributed by atoms with van der Waals surface area (Å²) in [7, 11) is 4.83. The van der Waals surface area contributed by atoms with Gasteiger partial charge in [-0.1, -0.05) is 6.42 Å². The number of ether oxygens (including phenoxy) is 3. The second-order valence-electron chi connectivity index (χ2n) is 9.75. The highest BCUT2D eigenvalue weighted by atomic mass is 16.5. The quantitative estimate of drug-likeness (QED) is 0.536. The van der Waals surface area contributed by atoms with E-state index in [4.69, 9.17) is 14.2 Å². The molecule has 0 aromatic heterocycles. The van der Waals surface area contributed by atoms with Gasteiger partial charge in [-0.05, 0) is 74.0 Å². The second-order valence-corrected chi connectivity index (χ2v) is 9.75. The lowest BCUT2D eigenvalue weighted by Gasteiger charge is -2.45. The van der Waals surface area contributed by atoms with E-state index in [2.05, 4.69) is 4.90 Å². The van der Waals surface area contributed by atoms with Crippen LogP contribution in [-0.2, 0) is 20.7 Å². The van der Waals surface area contributed by atoms with Gasteiger partial charge in [0.1, 0.15) is 6.54 Å². The molecule has 8 nitrogen and oxygen atoms in total. The van der Waals surface area contributed by atoms with Crippen LogP contribution in [0, 0.1) is 5.92 Å². The van der Waals surface area contributed by atoms with Crippen molar-refractivity contribution in [3.05, 3.63) is 29.5 Å². The molecule has 3 heterocycles. The topological polar surface area (TPSA) is 71.6 Å². The standard InChI is InChI=1S/C27H39N3O5/c1-33-14-13-30(18-21-7-6-11-28-10-5-4-8-23(21)28)27(32)19-29-12-9-20-15-24(34-2)25(35-3)16-22(20)17-26(29)31/h9,12,15-16,21,23H,4-8,10-11,13-14,17-19H2,1-3H3. The highest BCUT2D eigenvalue weighted by Crippen LogP contribution is 2.33. The number of fused-ring (bicyclic) bond motifs is 2. The Morgan fingerprint density at radius 2 is 1.83 bits per heavy atom. The SMILES string of the molecule is COCCN(CC1CCCN2CCCCC12)C(=O)CN1C=Cc2cc(OC)c(OC)cc2CC1=O. The van der Waals surface area contributed by atoms with Crippen LogP contribution in [0.15, 0.2) is 18.3 Å². The third kappa shape index (κ3) is 5.98. The summed E-state index contributed by atoms with van der Waals surface area (Å²) in [4.78, 5) is 32.6. The van der Waals surface area contributed by atoms with Gasteiger partial charge < -0.3 is 28.9 Å². The molecule has 0 spiro atoms. The summed E-state index contributed by atoms with van der Waals surface area (Å²) in [6.07, 6.45) is 9.90. The van der Waals surface area contributed by atoms with Gasteiger partial charge >= 0.3 is 0 Å². The third-order valence-corrected chi connectivity index (χ3v) is 7.65. The molecular formula is C27H39N3O5. The third-order valence-electron chi connectivity index (χ3n) is 7.65. The first-order valence-electron chi connectivity index (χ1n) is 12.8. The lowest BCUT2D eigenvalue weighted by Crippen LogP contribution is -2.53. The second kappa shape index (κ2) is 11.9. The number of nitrogens with zero attached hydrogens (tertiary/aromatic N) is 3. The normalized spacial score (nSPS) is 22.3. The van der Waals surface area contributed by atoms with Crippen molar-refractivity contribution >= 4 is 17.9 Å². The predicted octanol–water partition coefficient (Wildman–Crippen LogP) is 2.80. The van der Waals surface area contributed by atoms with E-state index in [1.165, 1.54) is 43.7 Å². The molecule has 0 bridgehead atoms. The fraction of sp³-hybridized carbons (Fsp3) is 0.630. The van der Waals surface area contributed by atoms with E-state index in [-0.39, 0.29) is 24.8 Å². The maximum Gasteiger partial charge on any atom is 0.242 e. The van der Waals surface area contributed by atoms with Crippen LogP contribution in [0.2, 0.25) is 0 Å². The van der Waals surface area contributed by atoms with Crippen molar-refractivity contribution in [2.45, 2.75) is 44.6 Å². The van der Waals surface area contributed by atoms with Crippen LogP contribution in [0.4, 0.5) is 0 Å². The van der Waals surface area contributed by atoms with Gasteiger partial charge in [-0.2, -0.15) is 0 Å². The first-order valence-corrected chi connectivity index (χ1v) is 12.8. The fourth-order valence-electron chi connectivity index (χ4n) is 5.74. The Morgan fingerprint density at radius 1 is 1.06 bits per heavy atom. The summed E-state index contributed by atoms with van der Waals surface area (Å²) in [5.74, 6) is 1.54. The van der Waals surface area contributed by atoms with Crippen LogP contribution in [0.25, 0.3) is 6.08 Å². The highest BCUT2D eigenvalue weighted by molar-refractivity contribution is 5.89.